The molecule has 5 heteroatoms. The van der Waals surface area contributed by atoms with Gasteiger partial charge in [-0.15, -0.1) is 0 Å². The van der Waals surface area contributed by atoms with E-state index in [9.17, 15) is 0 Å². The maximum atomic E-state index is 5.50. The van der Waals surface area contributed by atoms with E-state index in [0.29, 0.717) is 0 Å². The van der Waals surface area contributed by atoms with Crippen molar-refractivity contribution in [2.24, 2.45) is 0 Å². The molecule has 0 spiro atoms. The lowest BCUT2D eigenvalue weighted by Gasteiger charge is -2.44. The summed E-state index contributed by atoms with van der Waals surface area (Å²) in [5, 5.41) is 6.53. The van der Waals surface area contributed by atoms with Gasteiger partial charge in [0.25, 0.3) is 0 Å². The van der Waals surface area contributed by atoms with Gasteiger partial charge in [0.1, 0.15) is 5.82 Å². The first-order chi connectivity index (χ1) is 31.3. The smallest absolute Gasteiger partial charge is 0.184 e. The summed E-state index contributed by atoms with van der Waals surface area (Å²) in [6.45, 7) is 0. The fraction of sp³-hybridized carbons (Fsp3) is 0.0172. The Balaban J connectivity index is 1.05. The van der Waals surface area contributed by atoms with Gasteiger partial charge in [-0.25, -0.2) is 4.98 Å². The molecule has 2 heterocycles. The molecule has 1 aliphatic rings. The molecule has 0 N–H and O–H groups in total. The van der Waals surface area contributed by atoms with Crippen molar-refractivity contribution in [1.29, 1.82) is 0 Å². The topological polar surface area (TPSA) is 19.4 Å². The number of hydrogen-bond acceptors (Lipinski definition) is 4. The largest absolute Gasteiger partial charge is 0.309 e. The molecule has 3 nitrogen and oxygen atoms in total. The maximum Gasteiger partial charge on any atom is 0.184 e. The van der Waals surface area contributed by atoms with Gasteiger partial charge in [-0.1, -0.05) is 188 Å². The summed E-state index contributed by atoms with van der Waals surface area (Å²) in [7, 11) is -2.73. The van der Waals surface area contributed by atoms with Gasteiger partial charge in [-0.05, 0) is 111 Å². The van der Waals surface area contributed by atoms with E-state index in [0.717, 1.165) is 40.2 Å². The van der Waals surface area contributed by atoms with Crippen LogP contribution in [0, 0.1) is 0 Å². The third-order valence-corrected chi connectivity index (χ3v) is 18.1. The van der Waals surface area contributed by atoms with Crippen LogP contribution in [0.15, 0.2) is 259 Å². The molecule has 0 aliphatic carbocycles. The Labute approximate surface area is 374 Å². The average molecular weight is 842 g/mol. The van der Waals surface area contributed by atoms with Crippen LogP contribution in [0.1, 0.15) is 11.1 Å². The molecular weight excluding hydrogens is 799 g/mol. The van der Waals surface area contributed by atoms with Crippen molar-refractivity contribution in [3.8, 4) is 0 Å². The molecule has 0 radical (unpaired) electrons. The van der Waals surface area contributed by atoms with Gasteiger partial charge in [-0.2, -0.15) is 0 Å². The molecular formula is C58H43N3SSi. The number of rotatable bonds is 10. The van der Waals surface area contributed by atoms with E-state index in [1.54, 1.807) is 11.8 Å². The predicted molar refractivity (Wildman–Crippen MR) is 268 cm³/mol. The summed E-state index contributed by atoms with van der Waals surface area (Å²) in [6, 6.07) is 90.5. The second kappa shape index (κ2) is 16.8. The molecule has 0 fully saturated rings. The van der Waals surface area contributed by atoms with Crippen molar-refractivity contribution < 1.29 is 0 Å². The van der Waals surface area contributed by atoms with Crippen LogP contribution in [0.3, 0.4) is 0 Å². The highest BCUT2D eigenvalue weighted by Gasteiger charge is 2.48. The lowest BCUT2D eigenvalue weighted by Crippen LogP contribution is -2.77. The molecule has 63 heavy (non-hydrogen) atoms. The van der Waals surface area contributed by atoms with E-state index < -0.39 is 8.07 Å². The molecule has 0 bridgehead atoms. The quantitative estimate of drug-likeness (QED) is 0.128. The van der Waals surface area contributed by atoms with Crippen molar-refractivity contribution in [1.82, 2.24) is 4.98 Å². The molecule has 1 aromatic heterocycles. The summed E-state index contributed by atoms with van der Waals surface area (Å²) in [6.07, 6.45) is 0.817. The molecule has 0 atom stereocenters. The Hall–Kier alpha value is -7.44. The molecule has 1 aliphatic heterocycles. The first-order valence-corrected chi connectivity index (χ1v) is 24.3. The van der Waals surface area contributed by atoms with Crippen LogP contribution < -0.4 is 30.5 Å². The van der Waals surface area contributed by atoms with Gasteiger partial charge < -0.3 is 4.90 Å². The first-order valence-electron chi connectivity index (χ1n) is 21.5. The molecule has 300 valence electrons. The van der Waals surface area contributed by atoms with Crippen LogP contribution in [-0.2, 0) is 6.42 Å². The lowest BCUT2D eigenvalue weighted by atomic mass is 10.0. The van der Waals surface area contributed by atoms with E-state index in [4.69, 9.17) is 4.98 Å². The second-order valence-corrected chi connectivity index (χ2v) is 20.8. The van der Waals surface area contributed by atoms with Gasteiger partial charge in [0.05, 0.1) is 11.2 Å². The number of pyridine rings is 1. The summed E-state index contributed by atoms with van der Waals surface area (Å²) in [5.41, 5.74) is 9.18. The fourth-order valence-electron chi connectivity index (χ4n) is 9.47. The van der Waals surface area contributed by atoms with Gasteiger partial charge in [-0.3, -0.25) is 4.90 Å². The van der Waals surface area contributed by atoms with Gasteiger partial charge in [0, 0.05) is 37.9 Å². The van der Waals surface area contributed by atoms with Crippen LogP contribution in [0.2, 0.25) is 0 Å². The standard InChI is InChI=1S/C58H43N3SSi/c1-5-21-43(22-6-1)41-45-23-13-14-30-51(45)60(52-31-15-18-34-55(52)62-47-24-7-2-8-25-47)46-38-39-50-44(42-46)37-40-58(59-50)61-53-32-16-19-35-56(53)63(48-26-9-3-10-27-48,49-28-11-4-12-29-49)57-36-20-17-33-54(57)61/h1-40,42H,41H2. The SMILES string of the molecule is c1ccc(Cc2ccccc2N(c2ccc3nc(N4c5ccccc5[Si](c5ccccc5)(c5ccccc5)c5ccccc54)ccc3c2)c2ccccc2Sc2ccccc2)cc1. The third-order valence-electron chi connectivity index (χ3n) is 12.2. The van der Waals surface area contributed by atoms with Crippen molar-refractivity contribution in [2.75, 3.05) is 9.80 Å². The number of fused-ring (bicyclic) bond motifs is 3. The highest BCUT2D eigenvalue weighted by Crippen LogP contribution is 2.45. The zero-order valence-electron chi connectivity index (χ0n) is 34.6. The van der Waals surface area contributed by atoms with Crippen LogP contribution in [0.5, 0.6) is 0 Å². The Kier molecular flexibility index (Phi) is 10.3. The number of anilines is 6. The first kappa shape index (κ1) is 38.5. The minimum absolute atomic E-state index is 0.817. The van der Waals surface area contributed by atoms with Crippen molar-refractivity contribution in [2.45, 2.75) is 16.2 Å². The molecule has 10 aromatic rings. The van der Waals surface area contributed by atoms with E-state index in [-0.39, 0.29) is 0 Å². The molecule has 0 saturated carbocycles. The number of para-hydroxylation sites is 4. The van der Waals surface area contributed by atoms with E-state index in [1.165, 1.54) is 53.0 Å². The predicted octanol–water partition coefficient (Wildman–Crippen LogP) is 12.6. The van der Waals surface area contributed by atoms with Gasteiger partial charge >= 0.3 is 0 Å². The summed E-state index contributed by atoms with van der Waals surface area (Å²) in [4.78, 5) is 12.7. The van der Waals surface area contributed by atoms with E-state index >= 15 is 0 Å². The number of hydrogen-bond donors (Lipinski definition) is 0. The highest BCUT2D eigenvalue weighted by atomic mass is 32.2. The molecule has 0 unspecified atom stereocenters. The summed E-state index contributed by atoms with van der Waals surface area (Å²) < 4.78 is 0. The van der Waals surface area contributed by atoms with Gasteiger partial charge in [0.2, 0.25) is 0 Å². The van der Waals surface area contributed by atoms with Crippen molar-refractivity contribution in [3.05, 3.63) is 260 Å². The van der Waals surface area contributed by atoms with Crippen LogP contribution in [-0.4, -0.2) is 13.1 Å². The zero-order valence-corrected chi connectivity index (χ0v) is 36.4. The molecule has 9 aromatic carbocycles. The second-order valence-electron chi connectivity index (χ2n) is 15.9. The monoisotopic (exact) mass is 841 g/mol. The molecule has 0 saturated heterocycles. The van der Waals surface area contributed by atoms with E-state index in [2.05, 4.69) is 259 Å². The Bertz CT molecular complexity index is 3020. The average Bonchev–Trinajstić information content (AvgIpc) is 3.35. The highest BCUT2D eigenvalue weighted by molar-refractivity contribution is 7.99. The number of aromatic nitrogens is 1. The molecule has 0 amide bonds. The Morgan fingerprint density at radius 3 is 1.67 bits per heavy atom. The van der Waals surface area contributed by atoms with Crippen LogP contribution in [0.25, 0.3) is 10.9 Å². The summed E-state index contributed by atoms with van der Waals surface area (Å²) >= 11 is 1.79. The van der Waals surface area contributed by atoms with Crippen LogP contribution >= 0.6 is 11.8 Å². The van der Waals surface area contributed by atoms with E-state index in [1.807, 2.05) is 0 Å². The maximum absolute atomic E-state index is 5.50. The fourth-order valence-corrected chi connectivity index (χ4v) is 15.5. The Morgan fingerprint density at radius 2 is 1.00 bits per heavy atom. The Morgan fingerprint density at radius 1 is 0.460 bits per heavy atom. The van der Waals surface area contributed by atoms with Crippen LogP contribution in [0.4, 0.5) is 34.3 Å². The van der Waals surface area contributed by atoms with Gasteiger partial charge in [0.15, 0.2) is 8.07 Å². The van der Waals surface area contributed by atoms with Crippen molar-refractivity contribution in [3.63, 3.8) is 0 Å². The molecule has 11 rings (SSSR count). The summed E-state index contributed by atoms with van der Waals surface area (Å²) in [5.74, 6) is 0.897. The minimum Gasteiger partial charge on any atom is -0.309 e. The lowest BCUT2D eigenvalue weighted by molar-refractivity contribution is 1.14. The normalized spacial score (nSPS) is 12.7. The minimum atomic E-state index is -2.73. The van der Waals surface area contributed by atoms with Crippen molar-refractivity contribution >= 4 is 85.7 Å². The third kappa shape index (κ3) is 7.02. The number of benzene rings is 9. The zero-order chi connectivity index (χ0) is 42.0. The number of nitrogens with zero attached hydrogens (tertiary/aromatic N) is 3.